The number of nitrogens with zero attached hydrogens (tertiary/aromatic N) is 2. The number of benzene rings is 1. The van der Waals surface area contributed by atoms with Gasteiger partial charge >= 0.3 is 0 Å². The molecule has 1 N–H and O–H groups in total. The monoisotopic (exact) mass is 301 g/mol. The minimum Gasteiger partial charge on any atom is -0.341 e. The van der Waals surface area contributed by atoms with E-state index in [0.29, 0.717) is 4.77 Å². The molecule has 110 valence electrons. The fourth-order valence-electron chi connectivity index (χ4n) is 2.91. The van der Waals surface area contributed by atoms with Crippen LogP contribution in [-0.4, -0.2) is 33.4 Å². The lowest BCUT2D eigenvalue weighted by molar-refractivity contribution is -0.133. The molecule has 2 aromatic rings. The molecule has 1 atom stereocenters. The molecule has 1 unspecified atom stereocenters. The second kappa shape index (κ2) is 5.85. The second-order valence-corrected chi connectivity index (χ2v) is 5.81. The summed E-state index contributed by atoms with van der Waals surface area (Å²) in [7, 11) is 0. The largest absolute Gasteiger partial charge is 0.341 e. The van der Waals surface area contributed by atoms with E-state index in [1.165, 1.54) is 0 Å². The molecule has 1 aromatic carbocycles. The lowest BCUT2D eigenvalue weighted by Gasteiger charge is -2.22. The van der Waals surface area contributed by atoms with Gasteiger partial charge in [-0.2, -0.15) is 0 Å². The van der Waals surface area contributed by atoms with Gasteiger partial charge < -0.3 is 14.5 Å². The number of hydrogen-bond acceptors (Lipinski definition) is 2. The summed E-state index contributed by atoms with van der Waals surface area (Å²) in [4.78, 5) is 17.6. The summed E-state index contributed by atoms with van der Waals surface area (Å²) in [5.74, 6) is 0.153. The van der Waals surface area contributed by atoms with Gasteiger partial charge in [0.2, 0.25) is 5.91 Å². The van der Waals surface area contributed by atoms with Gasteiger partial charge in [0.1, 0.15) is 6.04 Å². The zero-order chi connectivity index (χ0) is 14.8. The molecule has 1 saturated heterocycles. The van der Waals surface area contributed by atoms with E-state index in [0.717, 1.165) is 37.2 Å². The fourth-order valence-corrected chi connectivity index (χ4v) is 3.22. The maximum absolute atomic E-state index is 12.6. The Bertz CT molecular complexity index is 683. The van der Waals surface area contributed by atoms with Crippen LogP contribution < -0.4 is 0 Å². The van der Waals surface area contributed by atoms with E-state index in [2.05, 4.69) is 4.98 Å². The molecule has 3 rings (SSSR count). The minimum absolute atomic E-state index is 0.153. The topological polar surface area (TPSA) is 41.0 Å². The van der Waals surface area contributed by atoms with Gasteiger partial charge in [0.25, 0.3) is 0 Å². The normalized spacial score (nSPS) is 16.1. The third-order valence-corrected chi connectivity index (χ3v) is 4.36. The maximum atomic E-state index is 12.6. The van der Waals surface area contributed by atoms with Crippen molar-refractivity contribution in [2.24, 2.45) is 0 Å². The summed E-state index contributed by atoms with van der Waals surface area (Å²) in [5, 5.41) is 0. The summed E-state index contributed by atoms with van der Waals surface area (Å²) < 4.78 is 2.51. The van der Waals surface area contributed by atoms with E-state index in [-0.39, 0.29) is 11.9 Å². The SMILES string of the molecule is CC(C(=O)N1CCCC1)n1c(-c2ccccc2)c[nH]c1=S. The molecular weight excluding hydrogens is 282 g/mol. The standard InChI is InChI=1S/C16H19N3OS/c1-12(15(20)18-9-5-6-10-18)19-14(11-17-16(19)21)13-7-3-2-4-8-13/h2-4,7-8,11-12H,5-6,9-10H2,1H3,(H,17,21). The van der Waals surface area contributed by atoms with Crippen molar-refractivity contribution < 1.29 is 4.79 Å². The molecule has 1 aliphatic rings. The van der Waals surface area contributed by atoms with Crippen molar-refractivity contribution in [1.29, 1.82) is 0 Å². The first-order valence-electron chi connectivity index (χ1n) is 7.32. The van der Waals surface area contributed by atoms with Crippen LogP contribution in [0.4, 0.5) is 0 Å². The van der Waals surface area contributed by atoms with Crippen molar-refractivity contribution in [2.75, 3.05) is 13.1 Å². The molecule has 0 aliphatic carbocycles. The van der Waals surface area contributed by atoms with Crippen molar-refractivity contribution in [1.82, 2.24) is 14.5 Å². The average molecular weight is 301 g/mol. The van der Waals surface area contributed by atoms with Gasteiger partial charge in [-0.05, 0) is 37.5 Å². The Balaban J connectivity index is 1.96. The number of nitrogens with one attached hydrogen (secondary N) is 1. The van der Waals surface area contributed by atoms with Crippen molar-refractivity contribution in [3.63, 3.8) is 0 Å². The Morgan fingerprint density at radius 3 is 2.57 bits per heavy atom. The van der Waals surface area contributed by atoms with E-state index >= 15 is 0 Å². The predicted molar refractivity (Wildman–Crippen MR) is 85.6 cm³/mol. The molecule has 1 aromatic heterocycles. The molecule has 1 fully saturated rings. The van der Waals surface area contributed by atoms with Crippen molar-refractivity contribution in [3.05, 3.63) is 41.3 Å². The molecule has 1 amide bonds. The van der Waals surface area contributed by atoms with Gasteiger partial charge in [-0.3, -0.25) is 4.79 Å². The smallest absolute Gasteiger partial charge is 0.245 e. The first-order chi connectivity index (χ1) is 10.2. The van der Waals surface area contributed by atoms with Gasteiger partial charge in [-0.1, -0.05) is 30.3 Å². The molecule has 5 heteroatoms. The summed E-state index contributed by atoms with van der Waals surface area (Å²) in [6.45, 7) is 3.65. The van der Waals surface area contributed by atoms with Gasteiger partial charge in [0.05, 0.1) is 5.69 Å². The third-order valence-electron chi connectivity index (χ3n) is 4.04. The second-order valence-electron chi connectivity index (χ2n) is 5.42. The fraction of sp³-hybridized carbons (Fsp3) is 0.375. The summed E-state index contributed by atoms with van der Waals surface area (Å²) in [6.07, 6.45) is 4.08. The number of imidazole rings is 1. The lowest BCUT2D eigenvalue weighted by Crippen LogP contribution is -2.34. The molecular formula is C16H19N3OS. The highest BCUT2D eigenvalue weighted by atomic mass is 32.1. The Morgan fingerprint density at radius 2 is 1.90 bits per heavy atom. The highest BCUT2D eigenvalue weighted by molar-refractivity contribution is 7.71. The molecule has 21 heavy (non-hydrogen) atoms. The predicted octanol–water partition coefficient (Wildman–Crippen LogP) is 3.40. The Hall–Kier alpha value is -1.88. The van der Waals surface area contributed by atoms with Crippen LogP contribution in [0.25, 0.3) is 11.3 Å². The first-order valence-corrected chi connectivity index (χ1v) is 7.73. The Morgan fingerprint density at radius 1 is 1.24 bits per heavy atom. The summed E-state index contributed by atoms with van der Waals surface area (Å²) in [5.41, 5.74) is 2.02. The van der Waals surface area contributed by atoms with Gasteiger partial charge in [-0.25, -0.2) is 0 Å². The number of hydrogen-bond donors (Lipinski definition) is 1. The summed E-state index contributed by atoms with van der Waals surface area (Å²) in [6, 6.07) is 9.74. The van der Waals surface area contributed by atoms with Crippen LogP contribution in [0.5, 0.6) is 0 Å². The zero-order valence-electron chi connectivity index (χ0n) is 12.1. The quantitative estimate of drug-likeness (QED) is 0.883. The minimum atomic E-state index is -0.281. The first kappa shape index (κ1) is 14.1. The van der Waals surface area contributed by atoms with E-state index in [9.17, 15) is 4.79 Å². The Labute approximate surface area is 129 Å². The molecule has 2 heterocycles. The number of carbonyl (C=O) groups excluding carboxylic acids is 1. The molecule has 0 radical (unpaired) electrons. The van der Waals surface area contributed by atoms with Crippen LogP contribution in [-0.2, 0) is 4.79 Å². The molecule has 1 aliphatic heterocycles. The number of rotatable bonds is 3. The number of H-pyrrole nitrogens is 1. The van der Waals surface area contributed by atoms with E-state index in [4.69, 9.17) is 12.2 Å². The average Bonchev–Trinajstić information content (AvgIpc) is 3.16. The van der Waals surface area contributed by atoms with Crippen LogP contribution in [0.2, 0.25) is 0 Å². The molecule has 4 nitrogen and oxygen atoms in total. The zero-order valence-corrected chi connectivity index (χ0v) is 12.9. The third kappa shape index (κ3) is 2.65. The van der Waals surface area contributed by atoms with E-state index < -0.39 is 0 Å². The van der Waals surface area contributed by atoms with E-state index in [1.54, 1.807) is 0 Å². The number of amides is 1. The van der Waals surface area contributed by atoms with Crippen LogP contribution >= 0.6 is 12.2 Å². The lowest BCUT2D eigenvalue weighted by atomic mass is 10.1. The molecule has 0 spiro atoms. The van der Waals surface area contributed by atoms with Crippen molar-refractivity contribution in [2.45, 2.75) is 25.8 Å². The van der Waals surface area contributed by atoms with Crippen molar-refractivity contribution in [3.8, 4) is 11.3 Å². The van der Waals surface area contributed by atoms with Gasteiger partial charge in [0.15, 0.2) is 4.77 Å². The van der Waals surface area contributed by atoms with Gasteiger partial charge in [0, 0.05) is 19.3 Å². The number of carbonyl (C=O) groups is 1. The number of likely N-dealkylation sites (tertiary alicyclic amines) is 1. The van der Waals surface area contributed by atoms with Gasteiger partial charge in [-0.15, -0.1) is 0 Å². The molecule has 0 saturated carbocycles. The Kier molecular flexibility index (Phi) is 3.92. The maximum Gasteiger partial charge on any atom is 0.245 e. The van der Waals surface area contributed by atoms with Crippen molar-refractivity contribution >= 4 is 18.1 Å². The number of aromatic amines is 1. The van der Waals surface area contributed by atoms with Crippen LogP contribution in [0, 0.1) is 4.77 Å². The highest BCUT2D eigenvalue weighted by Gasteiger charge is 2.26. The summed E-state index contributed by atoms with van der Waals surface area (Å²) >= 11 is 5.38. The molecule has 0 bridgehead atoms. The number of aromatic nitrogens is 2. The van der Waals surface area contributed by atoms with Crippen LogP contribution in [0.1, 0.15) is 25.8 Å². The van der Waals surface area contributed by atoms with E-state index in [1.807, 2.05) is 52.9 Å². The highest BCUT2D eigenvalue weighted by Crippen LogP contribution is 2.25. The van der Waals surface area contributed by atoms with Crippen LogP contribution in [0.15, 0.2) is 36.5 Å². The van der Waals surface area contributed by atoms with Crippen LogP contribution in [0.3, 0.4) is 0 Å².